The molecule has 1 aliphatic rings. The largest absolute Gasteiger partial charge is 0.324 e. The molecule has 0 aromatic heterocycles. The van der Waals surface area contributed by atoms with E-state index in [1.54, 1.807) is 36.4 Å². The first-order valence-corrected chi connectivity index (χ1v) is 11.8. The van der Waals surface area contributed by atoms with Gasteiger partial charge in [-0.1, -0.05) is 53.5 Å². The zero-order chi connectivity index (χ0) is 21.3. The molecule has 1 saturated heterocycles. The fourth-order valence-corrected chi connectivity index (χ4v) is 5.69. The minimum absolute atomic E-state index is 0.131. The Morgan fingerprint density at radius 3 is 2.53 bits per heavy atom. The van der Waals surface area contributed by atoms with Crippen LogP contribution in [0.4, 0.5) is 5.69 Å². The first-order valence-electron chi connectivity index (χ1n) is 9.59. The standard InChI is InChI=1S/C22H20Cl2N2O3S/c23-18-8-10-21(20(24)13-18)25-22(27)17-6-3-11-26(14-17)30(28,29)19-9-7-15-4-1-2-5-16(15)12-19/h1-2,4-5,7-10,12-13,17H,3,6,11,14H2,(H,25,27)/t17-/m1/s1. The van der Waals surface area contributed by atoms with Crippen molar-refractivity contribution >= 4 is 55.6 Å². The van der Waals surface area contributed by atoms with E-state index >= 15 is 0 Å². The van der Waals surface area contributed by atoms with Gasteiger partial charge in [0, 0.05) is 18.1 Å². The van der Waals surface area contributed by atoms with E-state index in [4.69, 9.17) is 23.2 Å². The van der Waals surface area contributed by atoms with Crippen molar-refractivity contribution in [2.24, 2.45) is 5.92 Å². The molecule has 3 aromatic rings. The summed E-state index contributed by atoms with van der Waals surface area (Å²) >= 11 is 12.0. The Morgan fingerprint density at radius 2 is 1.77 bits per heavy atom. The quantitative estimate of drug-likeness (QED) is 0.580. The van der Waals surface area contributed by atoms with Crippen molar-refractivity contribution in [2.75, 3.05) is 18.4 Å². The lowest BCUT2D eigenvalue weighted by molar-refractivity contribution is -0.120. The third-order valence-corrected chi connectivity index (χ3v) is 7.71. The lowest BCUT2D eigenvalue weighted by atomic mass is 9.99. The Kier molecular flexibility index (Phi) is 6.02. The summed E-state index contributed by atoms with van der Waals surface area (Å²) in [5.74, 6) is -0.710. The molecule has 1 fully saturated rings. The van der Waals surface area contributed by atoms with E-state index in [0.29, 0.717) is 35.1 Å². The highest BCUT2D eigenvalue weighted by molar-refractivity contribution is 7.89. The maximum Gasteiger partial charge on any atom is 0.243 e. The molecule has 0 radical (unpaired) electrons. The van der Waals surface area contributed by atoms with E-state index in [9.17, 15) is 13.2 Å². The highest BCUT2D eigenvalue weighted by Crippen LogP contribution is 2.29. The van der Waals surface area contributed by atoms with Gasteiger partial charge in [-0.25, -0.2) is 8.42 Å². The SMILES string of the molecule is O=C(Nc1ccc(Cl)cc1Cl)[C@@H]1CCCN(S(=O)(=O)c2ccc3ccccc3c2)C1. The molecule has 8 heteroatoms. The average molecular weight is 463 g/mol. The molecule has 30 heavy (non-hydrogen) atoms. The summed E-state index contributed by atoms with van der Waals surface area (Å²) in [7, 11) is -3.70. The molecular formula is C22H20Cl2N2O3S. The van der Waals surface area contributed by atoms with Crippen LogP contribution in [0.5, 0.6) is 0 Å². The van der Waals surface area contributed by atoms with Gasteiger partial charge in [0.25, 0.3) is 0 Å². The zero-order valence-electron chi connectivity index (χ0n) is 16.0. The lowest BCUT2D eigenvalue weighted by Crippen LogP contribution is -2.43. The summed E-state index contributed by atoms with van der Waals surface area (Å²) in [6.07, 6.45) is 1.22. The number of hydrogen-bond donors (Lipinski definition) is 1. The van der Waals surface area contributed by atoms with Crippen LogP contribution in [0.25, 0.3) is 10.8 Å². The Balaban J connectivity index is 1.52. The van der Waals surface area contributed by atoms with E-state index in [1.807, 2.05) is 24.3 Å². The van der Waals surface area contributed by atoms with Gasteiger partial charge in [-0.15, -0.1) is 0 Å². The number of nitrogens with zero attached hydrogens (tertiary/aromatic N) is 1. The van der Waals surface area contributed by atoms with Crippen LogP contribution in [0.2, 0.25) is 10.0 Å². The van der Waals surface area contributed by atoms with Crippen LogP contribution in [0.15, 0.2) is 65.6 Å². The summed E-state index contributed by atoms with van der Waals surface area (Å²) in [6, 6.07) is 17.5. The highest BCUT2D eigenvalue weighted by Gasteiger charge is 2.33. The van der Waals surface area contributed by atoms with E-state index in [1.165, 1.54) is 4.31 Å². The van der Waals surface area contributed by atoms with E-state index in [-0.39, 0.29) is 17.3 Å². The molecule has 1 heterocycles. The van der Waals surface area contributed by atoms with Gasteiger partial charge in [-0.05, 0) is 53.9 Å². The summed E-state index contributed by atoms with van der Waals surface area (Å²) in [6.45, 7) is 0.521. The highest BCUT2D eigenvalue weighted by atomic mass is 35.5. The monoisotopic (exact) mass is 462 g/mol. The Morgan fingerprint density at radius 1 is 1.00 bits per heavy atom. The predicted octanol–water partition coefficient (Wildman–Crippen LogP) is 5.19. The van der Waals surface area contributed by atoms with Crippen LogP contribution >= 0.6 is 23.2 Å². The number of rotatable bonds is 4. The Bertz CT molecular complexity index is 1210. The minimum atomic E-state index is -3.70. The van der Waals surface area contributed by atoms with Gasteiger partial charge in [0.1, 0.15) is 0 Å². The smallest absolute Gasteiger partial charge is 0.243 e. The zero-order valence-corrected chi connectivity index (χ0v) is 18.3. The normalized spacial score (nSPS) is 17.7. The topological polar surface area (TPSA) is 66.5 Å². The van der Waals surface area contributed by atoms with Crippen LogP contribution in [0, 0.1) is 5.92 Å². The third kappa shape index (κ3) is 4.32. The van der Waals surface area contributed by atoms with E-state index < -0.39 is 15.9 Å². The fourth-order valence-electron chi connectivity index (χ4n) is 3.68. The molecule has 4 rings (SSSR count). The van der Waals surface area contributed by atoms with Crippen LogP contribution in [0.3, 0.4) is 0 Å². The number of carbonyl (C=O) groups is 1. The van der Waals surface area contributed by atoms with Crippen molar-refractivity contribution in [1.29, 1.82) is 0 Å². The summed E-state index contributed by atoms with van der Waals surface area (Å²) in [5, 5.41) is 5.45. The summed E-state index contributed by atoms with van der Waals surface area (Å²) in [5.41, 5.74) is 0.459. The number of nitrogens with one attached hydrogen (secondary N) is 1. The molecule has 0 unspecified atom stereocenters. The molecule has 156 valence electrons. The summed E-state index contributed by atoms with van der Waals surface area (Å²) < 4.78 is 27.8. The molecule has 0 aliphatic carbocycles. The molecule has 0 bridgehead atoms. The number of carbonyl (C=O) groups excluding carboxylic acids is 1. The van der Waals surface area contributed by atoms with Gasteiger partial charge in [-0.2, -0.15) is 4.31 Å². The first-order chi connectivity index (χ1) is 14.3. The second kappa shape index (κ2) is 8.55. The van der Waals surface area contributed by atoms with Crippen LogP contribution in [-0.2, 0) is 14.8 Å². The second-order valence-electron chi connectivity index (χ2n) is 7.32. The number of anilines is 1. The molecule has 1 aliphatic heterocycles. The second-order valence-corrected chi connectivity index (χ2v) is 10.1. The molecule has 0 saturated carbocycles. The lowest BCUT2D eigenvalue weighted by Gasteiger charge is -2.31. The number of fused-ring (bicyclic) bond motifs is 1. The van der Waals surface area contributed by atoms with Gasteiger partial charge in [0.05, 0.1) is 21.5 Å². The van der Waals surface area contributed by atoms with E-state index in [0.717, 1.165) is 10.8 Å². The molecule has 5 nitrogen and oxygen atoms in total. The number of amides is 1. The number of benzene rings is 3. The van der Waals surface area contributed by atoms with Crippen molar-refractivity contribution in [3.05, 3.63) is 70.7 Å². The average Bonchev–Trinajstić information content (AvgIpc) is 2.75. The van der Waals surface area contributed by atoms with Crippen molar-refractivity contribution in [3.8, 4) is 0 Å². The van der Waals surface area contributed by atoms with Crippen LogP contribution in [0.1, 0.15) is 12.8 Å². The van der Waals surface area contributed by atoms with Gasteiger partial charge in [-0.3, -0.25) is 4.79 Å². The van der Waals surface area contributed by atoms with Crippen molar-refractivity contribution < 1.29 is 13.2 Å². The molecule has 0 spiro atoms. The minimum Gasteiger partial charge on any atom is -0.324 e. The molecule has 1 amide bonds. The first kappa shape index (κ1) is 21.1. The Labute approximate surface area is 185 Å². The van der Waals surface area contributed by atoms with Gasteiger partial charge in [0.15, 0.2) is 0 Å². The van der Waals surface area contributed by atoms with Crippen LogP contribution in [-0.4, -0.2) is 31.7 Å². The van der Waals surface area contributed by atoms with Crippen molar-refractivity contribution in [2.45, 2.75) is 17.7 Å². The fraction of sp³-hybridized carbons (Fsp3) is 0.227. The summed E-state index contributed by atoms with van der Waals surface area (Å²) in [4.78, 5) is 13.0. The third-order valence-electron chi connectivity index (χ3n) is 5.30. The number of hydrogen-bond acceptors (Lipinski definition) is 3. The van der Waals surface area contributed by atoms with Gasteiger partial charge >= 0.3 is 0 Å². The molecule has 1 atom stereocenters. The Hall–Kier alpha value is -2.12. The number of halogens is 2. The van der Waals surface area contributed by atoms with Gasteiger partial charge in [0.2, 0.25) is 15.9 Å². The molecule has 1 N–H and O–H groups in total. The van der Waals surface area contributed by atoms with Crippen molar-refractivity contribution in [3.63, 3.8) is 0 Å². The molecule has 3 aromatic carbocycles. The van der Waals surface area contributed by atoms with E-state index in [2.05, 4.69) is 5.32 Å². The number of piperidine rings is 1. The molecular weight excluding hydrogens is 443 g/mol. The predicted molar refractivity (Wildman–Crippen MR) is 121 cm³/mol. The maximum absolute atomic E-state index is 13.2. The van der Waals surface area contributed by atoms with Crippen molar-refractivity contribution in [1.82, 2.24) is 4.31 Å². The van der Waals surface area contributed by atoms with Crippen LogP contribution < -0.4 is 5.32 Å². The van der Waals surface area contributed by atoms with Gasteiger partial charge < -0.3 is 5.32 Å². The maximum atomic E-state index is 13.2. The number of sulfonamides is 1.